The van der Waals surface area contributed by atoms with E-state index in [4.69, 9.17) is 18.4 Å². The monoisotopic (exact) mass is 698 g/mol. The molecule has 4 aromatic rings. The highest BCUT2D eigenvalue weighted by atomic mass is 28.3. The molecular weight excluding hydrogens is 645 g/mol. The van der Waals surface area contributed by atoms with Crippen LogP contribution in [0.2, 0.25) is 0 Å². The molecule has 8 nitrogen and oxygen atoms in total. The van der Waals surface area contributed by atoms with Gasteiger partial charge in [-0.25, -0.2) is 4.79 Å². The van der Waals surface area contributed by atoms with Crippen LogP contribution >= 0.6 is 0 Å². The zero-order valence-electron chi connectivity index (χ0n) is 30.6. The molecule has 6 rings (SSSR count). The summed E-state index contributed by atoms with van der Waals surface area (Å²) in [7, 11) is -1.91. The number of piperidine rings is 1. The van der Waals surface area contributed by atoms with Gasteiger partial charge in [0.15, 0.2) is 5.58 Å². The summed E-state index contributed by atoms with van der Waals surface area (Å²) >= 11 is 0. The van der Waals surface area contributed by atoms with Crippen LogP contribution in [0, 0.1) is 23.2 Å². The lowest BCUT2D eigenvalue weighted by atomic mass is 9.85. The molecule has 1 aliphatic heterocycles. The summed E-state index contributed by atoms with van der Waals surface area (Å²) in [6.07, 6.45) is 4.55. The minimum atomic E-state index is -1.91. The van der Waals surface area contributed by atoms with Crippen LogP contribution in [0.4, 0.5) is 4.79 Å². The number of rotatable bonds is 12. The Hall–Kier alpha value is -3.66. The summed E-state index contributed by atoms with van der Waals surface area (Å²) in [5.74, 6) is 1.92. The summed E-state index contributed by atoms with van der Waals surface area (Å²) in [6, 6.07) is 25.3. The van der Waals surface area contributed by atoms with Crippen molar-refractivity contribution in [1.82, 2.24) is 10.1 Å². The van der Waals surface area contributed by atoms with Crippen molar-refractivity contribution in [2.75, 3.05) is 19.7 Å². The highest BCUT2D eigenvalue weighted by Gasteiger charge is 2.49. The van der Waals surface area contributed by atoms with Gasteiger partial charge in [0.1, 0.15) is 11.4 Å². The van der Waals surface area contributed by atoms with Crippen molar-refractivity contribution in [1.29, 1.82) is 0 Å². The van der Waals surface area contributed by atoms with E-state index in [1.54, 1.807) is 0 Å². The SMILES string of the molecule is CC(C)(C)OC(=O)N1CCC(CCc2noc3c(CO)c(OCC4CC4C(O[SiH](c4ccccc4)c4ccccc4)C(C)(C)C)ccc23)CC1. The molecule has 268 valence electrons. The van der Waals surface area contributed by atoms with E-state index in [1.165, 1.54) is 10.4 Å². The Morgan fingerprint density at radius 3 is 2.18 bits per heavy atom. The van der Waals surface area contributed by atoms with E-state index in [9.17, 15) is 9.90 Å². The Balaban J connectivity index is 1.07. The van der Waals surface area contributed by atoms with Crippen LogP contribution in [-0.2, 0) is 22.2 Å². The maximum absolute atomic E-state index is 12.5. The summed E-state index contributed by atoms with van der Waals surface area (Å²) < 4.78 is 25.0. The van der Waals surface area contributed by atoms with Gasteiger partial charge in [-0.2, -0.15) is 0 Å². The summed E-state index contributed by atoms with van der Waals surface area (Å²) in [4.78, 5) is 14.3. The molecular formula is C41H54N2O6Si. The predicted octanol–water partition coefficient (Wildman–Crippen LogP) is 6.88. The average molecular weight is 699 g/mol. The molecule has 1 saturated carbocycles. The second-order valence-corrected chi connectivity index (χ2v) is 18.6. The van der Waals surface area contributed by atoms with Gasteiger partial charge in [0.2, 0.25) is 9.04 Å². The first-order chi connectivity index (χ1) is 23.9. The summed E-state index contributed by atoms with van der Waals surface area (Å²) in [5, 5.41) is 18.3. The van der Waals surface area contributed by atoms with Gasteiger partial charge >= 0.3 is 6.09 Å². The standard InChI is InChI=1S/C41H54N2O6Si/c1-40(2,3)38(49-50(30-13-9-7-10-14-30)31-15-11-8-12-16-31)33-25-29(33)27-46-36-20-18-32-35(42-48-37(32)34(36)26-44)19-17-28-21-23-43(24-22-28)39(45)47-41(4,5)6/h7-16,18,20,28-29,33,38,44,50H,17,19,21-27H2,1-6H3. The molecule has 1 saturated heterocycles. The third-order valence-corrected chi connectivity index (χ3v) is 12.7. The molecule has 2 fully saturated rings. The number of aliphatic hydroxyl groups excluding tert-OH is 1. The van der Waals surface area contributed by atoms with E-state index in [1.807, 2.05) is 37.8 Å². The first-order valence-electron chi connectivity index (χ1n) is 18.3. The highest BCUT2D eigenvalue weighted by Crippen LogP contribution is 2.48. The Labute approximate surface area is 298 Å². The topological polar surface area (TPSA) is 94.3 Å². The average Bonchev–Trinajstić information content (AvgIpc) is 3.73. The Morgan fingerprint density at radius 2 is 1.60 bits per heavy atom. The number of fused-ring (bicyclic) bond motifs is 1. The molecule has 1 aliphatic carbocycles. The van der Waals surface area contributed by atoms with Gasteiger partial charge < -0.3 is 28.4 Å². The van der Waals surface area contributed by atoms with Crippen LogP contribution in [0.1, 0.15) is 78.5 Å². The fourth-order valence-corrected chi connectivity index (χ4v) is 10.1. The lowest BCUT2D eigenvalue weighted by molar-refractivity contribution is 0.0181. The van der Waals surface area contributed by atoms with E-state index < -0.39 is 14.6 Å². The minimum absolute atomic E-state index is 0.0330. The first kappa shape index (κ1) is 36.1. The molecule has 3 unspecified atom stereocenters. The van der Waals surface area contributed by atoms with Crippen molar-refractivity contribution in [2.24, 2.45) is 23.2 Å². The fraction of sp³-hybridized carbons (Fsp3) is 0.512. The van der Waals surface area contributed by atoms with Gasteiger partial charge in [-0.05, 0) is 98.6 Å². The Morgan fingerprint density at radius 1 is 0.960 bits per heavy atom. The number of aromatic nitrogens is 1. The predicted molar refractivity (Wildman–Crippen MR) is 200 cm³/mol. The molecule has 1 amide bonds. The first-order valence-corrected chi connectivity index (χ1v) is 19.9. The van der Waals surface area contributed by atoms with E-state index in [2.05, 4.69) is 86.6 Å². The molecule has 0 radical (unpaired) electrons. The maximum atomic E-state index is 12.5. The molecule has 1 N–H and O–H groups in total. The molecule has 3 atom stereocenters. The highest BCUT2D eigenvalue weighted by molar-refractivity contribution is 6.80. The molecule has 1 aromatic heterocycles. The van der Waals surface area contributed by atoms with Gasteiger partial charge in [-0.1, -0.05) is 86.6 Å². The van der Waals surface area contributed by atoms with Gasteiger partial charge in [0, 0.05) is 18.5 Å². The van der Waals surface area contributed by atoms with E-state index >= 15 is 0 Å². The molecule has 9 heteroatoms. The van der Waals surface area contributed by atoms with Gasteiger partial charge in [0.05, 0.1) is 30.6 Å². The number of amides is 1. The van der Waals surface area contributed by atoms with Gasteiger partial charge in [-0.15, -0.1) is 0 Å². The molecule has 2 heterocycles. The van der Waals surface area contributed by atoms with Gasteiger partial charge in [0.25, 0.3) is 0 Å². The normalized spacial score (nSPS) is 19.2. The lowest BCUT2D eigenvalue weighted by Crippen LogP contribution is -2.50. The molecule has 0 spiro atoms. The number of ether oxygens (including phenoxy) is 2. The smallest absolute Gasteiger partial charge is 0.410 e. The van der Waals surface area contributed by atoms with Crippen molar-refractivity contribution in [2.45, 2.75) is 92.0 Å². The van der Waals surface area contributed by atoms with E-state index in [-0.39, 0.29) is 24.2 Å². The second kappa shape index (κ2) is 15.3. The van der Waals surface area contributed by atoms with Crippen LogP contribution in [0.15, 0.2) is 77.3 Å². The number of carbonyl (C=O) groups excluding carboxylic acids is 1. The number of hydrogen-bond acceptors (Lipinski definition) is 7. The van der Waals surface area contributed by atoms with Crippen molar-refractivity contribution >= 4 is 36.5 Å². The molecule has 2 aliphatic rings. The number of benzene rings is 3. The van der Waals surface area contributed by atoms with Crippen molar-refractivity contribution in [3.8, 4) is 5.75 Å². The number of aryl methyl sites for hydroxylation is 1. The van der Waals surface area contributed by atoms with E-state index in [0.717, 1.165) is 43.2 Å². The zero-order chi connectivity index (χ0) is 35.5. The third-order valence-electron chi connectivity index (χ3n) is 10.1. The number of likely N-dealkylation sites (tertiary alicyclic amines) is 1. The van der Waals surface area contributed by atoms with Crippen LogP contribution in [0.5, 0.6) is 5.75 Å². The molecule has 50 heavy (non-hydrogen) atoms. The quantitative estimate of drug-likeness (QED) is 0.161. The molecule has 0 bridgehead atoms. The van der Waals surface area contributed by atoms with Crippen LogP contribution in [-0.4, -0.2) is 61.7 Å². The maximum Gasteiger partial charge on any atom is 0.410 e. The van der Waals surface area contributed by atoms with Crippen LogP contribution < -0.4 is 15.1 Å². The van der Waals surface area contributed by atoms with Crippen molar-refractivity contribution in [3.63, 3.8) is 0 Å². The lowest BCUT2D eigenvalue weighted by Gasteiger charge is -2.35. The van der Waals surface area contributed by atoms with Crippen LogP contribution in [0.3, 0.4) is 0 Å². The zero-order valence-corrected chi connectivity index (χ0v) is 31.7. The second-order valence-electron chi connectivity index (χ2n) is 16.3. The van der Waals surface area contributed by atoms with Crippen LogP contribution in [0.25, 0.3) is 11.0 Å². The summed E-state index contributed by atoms with van der Waals surface area (Å²) in [6.45, 7) is 14.3. The number of hydrogen-bond donors (Lipinski definition) is 1. The Bertz CT molecular complexity index is 1670. The van der Waals surface area contributed by atoms with Crippen molar-refractivity contribution < 1.29 is 28.3 Å². The minimum Gasteiger partial charge on any atom is -0.493 e. The number of carbonyl (C=O) groups is 1. The third kappa shape index (κ3) is 8.79. The van der Waals surface area contributed by atoms with Gasteiger partial charge in [-0.3, -0.25) is 0 Å². The fourth-order valence-electron chi connectivity index (χ4n) is 7.36. The molecule has 3 aromatic carbocycles. The number of nitrogens with zero attached hydrogens (tertiary/aromatic N) is 2. The Kier molecular flexibility index (Phi) is 11.1. The van der Waals surface area contributed by atoms with E-state index in [0.29, 0.717) is 54.3 Å². The summed E-state index contributed by atoms with van der Waals surface area (Å²) in [5.41, 5.74) is 1.63. The largest absolute Gasteiger partial charge is 0.493 e. The number of aliphatic hydroxyl groups is 1. The van der Waals surface area contributed by atoms with Crippen molar-refractivity contribution in [3.05, 3.63) is 84.1 Å².